The highest BCUT2D eigenvalue weighted by atomic mass is 79.9. The Balaban J connectivity index is 1.20. The van der Waals surface area contributed by atoms with Crippen LogP contribution in [-0.4, -0.2) is 23.7 Å². The number of benzene rings is 4. The van der Waals surface area contributed by atoms with Gasteiger partial charge in [0.25, 0.3) is 5.91 Å². The van der Waals surface area contributed by atoms with Crippen LogP contribution < -0.4 is 20.2 Å². The summed E-state index contributed by atoms with van der Waals surface area (Å²) in [7, 11) is 0. The number of nitrogens with zero attached hydrogens (tertiary/aromatic N) is 2. The number of hydrogen-bond donors (Lipinski definition) is 2. The molecule has 0 aliphatic carbocycles. The molecule has 1 heterocycles. The first kappa shape index (κ1) is 31.5. The number of anilines is 2. The standard InChI is InChI=1S/C33H27BrCl2N4O3S/c1-3-42-30-15-24(26(34)16-31(30)43-18-21-6-13-27(35)28(36)14-21)17-37-40-32(41)23-9-7-22(8-10-23)29-19-44-33(39-29)38-25-11-4-20(2)5-12-25/h4-17,19H,3,18H2,1-2H3,(H,38,39)(H,40,41)/b37-17-. The quantitative estimate of drug-likeness (QED) is 0.105. The van der Waals surface area contributed by atoms with Crippen molar-refractivity contribution in [3.8, 4) is 22.8 Å². The van der Waals surface area contributed by atoms with Crippen molar-refractivity contribution in [1.82, 2.24) is 10.4 Å². The highest BCUT2D eigenvalue weighted by Gasteiger charge is 2.12. The minimum atomic E-state index is -0.337. The molecule has 1 aromatic heterocycles. The molecule has 0 atom stereocenters. The van der Waals surface area contributed by atoms with Crippen molar-refractivity contribution in [3.63, 3.8) is 0 Å². The molecule has 0 fully saturated rings. The Hall–Kier alpha value is -3.89. The Morgan fingerprint density at radius 2 is 1.73 bits per heavy atom. The van der Waals surface area contributed by atoms with E-state index in [2.05, 4.69) is 55.8 Å². The van der Waals surface area contributed by atoms with Gasteiger partial charge in [-0.05, 0) is 83.9 Å². The molecule has 224 valence electrons. The highest BCUT2D eigenvalue weighted by molar-refractivity contribution is 9.10. The maximum Gasteiger partial charge on any atom is 0.271 e. The summed E-state index contributed by atoms with van der Waals surface area (Å²) < 4.78 is 12.5. The fourth-order valence-corrected chi connectivity index (χ4v) is 5.55. The van der Waals surface area contributed by atoms with Crippen molar-refractivity contribution in [2.75, 3.05) is 11.9 Å². The van der Waals surface area contributed by atoms with Crippen molar-refractivity contribution in [1.29, 1.82) is 0 Å². The van der Waals surface area contributed by atoms with Crippen LogP contribution in [0.5, 0.6) is 11.5 Å². The van der Waals surface area contributed by atoms with Crippen molar-refractivity contribution in [2.45, 2.75) is 20.5 Å². The van der Waals surface area contributed by atoms with Gasteiger partial charge in [0.15, 0.2) is 16.6 Å². The molecule has 11 heteroatoms. The summed E-state index contributed by atoms with van der Waals surface area (Å²) >= 11 is 17.2. The second-order valence-electron chi connectivity index (χ2n) is 9.60. The third-order valence-electron chi connectivity index (χ3n) is 6.36. The van der Waals surface area contributed by atoms with E-state index in [1.807, 2.05) is 42.6 Å². The lowest BCUT2D eigenvalue weighted by molar-refractivity contribution is 0.0955. The van der Waals surface area contributed by atoms with Crippen molar-refractivity contribution in [2.24, 2.45) is 5.10 Å². The smallest absolute Gasteiger partial charge is 0.271 e. The molecule has 7 nitrogen and oxygen atoms in total. The number of carbonyl (C=O) groups is 1. The van der Waals surface area contributed by atoms with Gasteiger partial charge in [-0.25, -0.2) is 10.4 Å². The average molecular weight is 710 g/mol. The van der Waals surface area contributed by atoms with Gasteiger partial charge in [0.2, 0.25) is 0 Å². The highest BCUT2D eigenvalue weighted by Crippen LogP contribution is 2.34. The molecule has 1 amide bonds. The maximum absolute atomic E-state index is 12.8. The van der Waals surface area contributed by atoms with E-state index >= 15 is 0 Å². The number of aryl methyl sites for hydroxylation is 1. The Labute approximate surface area is 278 Å². The summed E-state index contributed by atoms with van der Waals surface area (Å²) in [4.78, 5) is 17.4. The number of halogens is 3. The van der Waals surface area contributed by atoms with E-state index in [1.54, 1.807) is 42.6 Å². The first-order valence-electron chi connectivity index (χ1n) is 13.5. The molecule has 4 aromatic carbocycles. The number of ether oxygens (including phenoxy) is 2. The second kappa shape index (κ2) is 14.7. The Morgan fingerprint density at radius 1 is 0.977 bits per heavy atom. The third-order valence-corrected chi connectivity index (χ3v) is 8.54. The van der Waals surface area contributed by atoms with Crippen LogP contribution in [0.1, 0.15) is 34.0 Å². The predicted molar refractivity (Wildman–Crippen MR) is 183 cm³/mol. The third kappa shape index (κ3) is 8.18. The number of hydrazone groups is 1. The van der Waals surface area contributed by atoms with E-state index in [0.29, 0.717) is 43.8 Å². The number of hydrogen-bond acceptors (Lipinski definition) is 7. The largest absolute Gasteiger partial charge is 0.490 e. The van der Waals surface area contributed by atoms with E-state index in [0.717, 1.165) is 27.6 Å². The number of thiazole rings is 1. The van der Waals surface area contributed by atoms with Crippen LogP contribution in [0.15, 0.2) is 93.8 Å². The van der Waals surface area contributed by atoms with E-state index < -0.39 is 0 Å². The van der Waals surface area contributed by atoms with Gasteiger partial charge in [0.05, 0.1) is 28.6 Å². The predicted octanol–water partition coefficient (Wildman–Crippen LogP) is 9.67. The molecular formula is C33H27BrCl2N4O3S. The zero-order chi connectivity index (χ0) is 31.1. The van der Waals surface area contributed by atoms with E-state index in [1.165, 1.54) is 16.9 Å². The van der Waals surface area contributed by atoms with Crippen molar-refractivity contribution < 1.29 is 14.3 Å². The van der Waals surface area contributed by atoms with Crippen LogP contribution in [0.25, 0.3) is 11.3 Å². The Morgan fingerprint density at radius 3 is 2.45 bits per heavy atom. The topological polar surface area (TPSA) is 84.8 Å². The summed E-state index contributed by atoms with van der Waals surface area (Å²) in [5.41, 5.74) is 8.54. The molecule has 5 rings (SSSR count). The van der Waals surface area contributed by atoms with Crippen LogP contribution in [0, 0.1) is 6.92 Å². The number of nitrogens with one attached hydrogen (secondary N) is 2. The van der Waals surface area contributed by atoms with E-state index in [-0.39, 0.29) is 12.5 Å². The Kier molecular flexibility index (Phi) is 10.6. The van der Waals surface area contributed by atoms with Gasteiger partial charge >= 0.3 is 0 Å². The van der Waals surface area contributed by atoms with Crippen LogP contribution in [0.3, 0.4) is 0 Å². The zero-order valence-electron chi connectivity index (χ0n) is 23.7. The SMILES string of the molecule is CCOc1cc(/C=N\NC(=O)c2ccc(-c3csc(Nc4ccc(C)cc4)n3)cc2)c(Br)cc1OCc1ccc(Cl)c(Cl)c1. The van der Waals surface area contributed by atoms with Gasteiger partial charge in [-0.3, -0.25) is 4.79 Å². The van der Waals surface area contributed by atoms with Crippen molar-refractivity contribution in [3.05, 3.63) is 121 Å². The minimum Gasteiger partial charge on any atom is -0.490 e. The zero-order valence-corrected chi connectivity index (χ0v) is 27.7. The summed E-state index contributed by atoms with van der Waals surface area (Å²) in [6, 6.07) is 24.3. The molecule has 0 spiro atoms. The number of amides is 1. The van der Waals surface area contributed by atoms with E-state index in [4.69, 9.17) is 32.7 Å². The summed E-state index contributed by atoms with van der Waals surface area (Å²) in [5.74, 6) is 0.748. The van der Waals surface area contributed by atoms with Crippen LogP contribution >= 0.6 is 50.5 Å². The maximum atomic E-state index is 12.8. The van der Waals surface area contributed by atoms with Gasteiger partial charge in [-0.1, -0.05) is 59.1 Å². The fraction of sp³-hybridized carbons (Fsp3) is 0.121. The molecule has 0 unspecified atom stereocenters. The molecule has 2 N–H and O–H groups in total. The minimum absolute atomic E-state index is 0.277. The van der Waals surface area contributed by atoms with Gasteiger partial charge in [-0.2, -0.15) is 5.10 Å². The molecule has 44 heavy (non-hydrogen) atoms. The van der Waals surface area contributed by atoms with Crippen molar-refractivity contribution >= 4 is 73.4 Å². The van der Waals surface area contributed by atoms with Crippen LogP contribution in [-0.2, 0) is 6.61 Å². The fourth-order valence-electron chi connectivity index (χ4n) is 4.06. The molecule has 0 saturated heterocycles. The second-order valence-corrected chi connectivity index (χ2v) is 12.1. The van der Waals surface area contributed by atoms with Gasteiger partial charge in [0.1, 0.15) is 6.61 Å². The average Bonchev–Trinajstić information content (AvgIpc) is 3.49. The van der Waals surface area contributed by atoms with Gasteiger partial charge in [0, 0.05) is 32.2 Å². The molecule has 0 aliphatic heterocycles. The van der Waals surface area contributed by atoms with Gasteiger partial charge < -0.3 is 14.8 Å². The van der Waals surface area contributed by atoms with Gasteiger partial charge in [-0.15, -0.1) is 11.3 Å². The molecule has 0 radical (unpaired) electrons. The molecule has 0 bridgehead atoms. The molecule has 0 saturated carbocycles. The Bertz CT molecular complexity index is 1790. The lowest BCUT2D eigenvalue weighted by Crippen LogP contribution is -2.17. The van der Waals surface area contributed by atoms with Crippen LogP contribution in [0.4, 0.5) is 10.8 Å². The molecular weight excluding hydrogens is 683 g/mol. The normalized spacial score (nSPS) is 11.0. The first-order chi connectivity index (χ1) is 21.3. The number of aromatic nitrogens is 1. The summed E-state index contributed by atoms with van der Waals surface area (Å²) in [6.07, 6.45) is 1.54. The number of carbonyl (C=O) groups excluding carboxylic acids is 1. The first-order valence-corrected chi connectivity index (χ1v) is 16.0. The van der Waals surface area contributed by atoms with Crippen LogP contribution in [0.2, 0.25) is 10.0 Å². The summed E-state index contributed by atoms with van der Waals surface area (Å²) in [6.45, 7) is 4.66. The lowest BCUT2D eigenvalue weighted by Gasteiger charge is -2.14. The lowest BCUT2D eigenvalue weighted by atomic mass is 10.1. The van der Waals surface area contributed by atoms with E-state index in [9.17, 15) is 4.79 Å². The molecule has 5 aromatic rings. The summed E-state index contributed by atoms with van der Waals surface area (Å²) in [5, 5.41) is 11.2. The molecule has 0 aliphatic rings. The number of rotatable bonds is 11. The monoisotopic (exact) mass is 708 g/mol.